The first-order valence-corrected chi connectivity index (χ1v) is 8.15. The van der Waals surface area contributed by atoms with Crippen molar-refractivity contribution in [1.29, 1.82) is 0 Å². The highest BCUT2D eigenvalue weighted by Gasteiger charge is 2.28. The van der Waals surface area contributed by atoms with Gasteiger partial charge in [-0.2, -0.15) is 0 Å². The van der Waals surface area contributed by atoms with E-state index in [2.05, 4.69) is 73.8 Å². The zero-order chi connectivity index (χ0) is 12.1. The van der Waals surface area contributed by atoms with Crippen molar-refractivity contribution in [2.24, 2.45) is 0 Å². The third-order valence-corrected chi connectivity index (χ3v) is 6.12. The number of thioether (sulfide) groups is 2. The van der Waals surface area contributed by atoms with Gasteiger partial charge in [-0.25, -0.2) is 0 Å². The van der Waals surface area contributed by atoms with E-state index in [1.54, 1.807) is 0 Å². The first-order valence-electron chi connectivity index (χ1n) is 6.18. The van der Waals surface area contributed by atoms with Crippen molar-refractivity contribution in [3.05, 3.63) is 41.5 Å². The second-order valence-corrected chi connectivity index (χ2v) is 8.22. The van der Waals surface area contributed by atoms with Gasteiger partial charge >= 0.3 is 0 Å². The molecule has 0 bridgehead atoms. The average molecular weight is 264 g/mol. The van der Waals surface area contributed by atoms with E-state index in [0.29, 0.717) is 4.08 Å². The fourth-order valence-corrected chi connectivity index (χ4v) is 5.29. The summed E-state index contributed by atoms with van der Waals surface area (Å²) in [6.07, 6.45) is 4.88. The van der Waals surface area contributed by atoms with Crippen LogP contribution in [0, 0.1) is 0 Å². The summed E-state index contributed by atoms with van der Waals surface area (Å²) in [7, 11) is 0. The van der Waals surface area contributed by atoms with Gasteiger partial charge in [0.25, 0.3) is 0 Å². The summed E-state index contributed by atoms with van der Waals surface area (Å²) in [4.78, 5) is 0. The van der Waals surface area contributed by atoms with Crippen LogP contribution in [0.4, 0.5) is 0 Å². The Balaban J connectivity index is 2.01. The Kier molecular flexibility index (Phi) is 4.63. The maximum atomic E-state index is 2.39. The summed E-state index contributed by atoms with van der Waals surface area (Å²) in [5.41, 5.74) is 2.81. The second kappa shape index (κ2) is 6.01. The average Bonchev–Trinajstić information content (AvgIpc) is 2.30. The SMILES string of the molecule is C/C(=C\c1ccccc1)CC1(C)SCCCS1. The smallest absolute Gasteiger partial charge is 0.0619 e. The van der Waals surface area contributed by atoms with E-state index >= 15 is 0 Å². The van der Waals surface area contributed by atoms with Crippen LogP contribution >= 0.6 is 23.5 Å². The number of allylic oxidation sites excluding steroid dienone is 1. The highest BCUT2D eigenvalue weighted by atomic mass is 32.2. The summed E-state index contributed by atoms with van der Waals surface area (Å²) in [5.74, 6) is 2.64. The van der Waals surface area contributed by atoms with Crippen LogP contribution in [-0.2, 0) is 0 Å². The molecular weight excluding hydrogens is 244 g/mol. The first-order chi connectivity index (χ1) is 8.18. The van der Waals surface area contributed by atoms with Crippen molar-refractivity contribution in [2.45, 2.75) is 30.8 Å². The van der Waals surface area contributed by atoms with Crippen molar-refractivity contribution in [1.82, 2.24) is 0 Å². The summed E-state index contributed by atoms with van der Waals surface area (Å²) >= 11 is 4.25. The fraction of sp³-hybridized carbons (Fsp3) is 0.467. The molecule has 0 atom stereocenters. The molecule has 1 aliphatic heterocycles. The largest absolute Gasteiger partial charge is 0.144 e. The van der Waals surface area contributed by atoms with Crippen LogP contribution in [0.2, 0.25) is 0 Å². The number of rotatable bonds is 3. The van der Waals surface area contributed by atoms with Crippen LogP contribution in [0.25, 0.3) is 6.08 Å². The normalized spacial score (nSPS) is 20.2. The van der Waals surface area contributed by atoms with Crippen LogP contribution < -0.4 is 0 Å². The van der Waals surface area contributed by atoms with Crippen molar-refractivity contribution >= 4 is 29.6 Å². The Hall–Kier alpha value is -0.340. The topological polar surface area (TPSA) is 0 Å². The lowest BCUT2D eigenvalue weighted by atomic mass is 10.1. The highest BCUT2D eigenvalue weighted by Crippen LogP contribution is 2.45. The van der Waals surface area contributed by atoms with Gasteiger partial charge < -0.3 is 0 Å². The molecule has 1 aromatic rings. The fourth-order valence-electron chi connectivity index (χ4n) is 2.17. The molecular formula is C15H20S2. The molecule has 0 saturated carbocycles. The Bertz CT molecular complexity index is 375. The molecule has 0 unspecified atom stereocenters. The Morgan fingerprint density at radius 3 is 2.53 bits per heavy atom. The van der Waals surface area contributed by atoms with E-state index in [4.69, 9.17) is 0 Å². The van der Waals surface area contributed by atoms with Crippen LogP contribution in [-0.4, -0.2) is 15.6 Å². The predicted molar refractivity (Wildman–Crippen MR) is 82.6 cm³/mol. The molecule has 1 fully saturated rings. The van der Waals surface area contributed by atoms with Gasteiger partial charge in [0.05, 0.1) is 4.08 Å². The van der Waals surface area contributed by atoms with E-state index < -0.39 is 0 Å². The molecule has 0 amide bonds. The van der Waals surface area contributed by atoms with Crippen molar-refractivity contribution in [3.8, 4) is 0 Å². The van der Waals surface area contributed by atoms with E-state index in [-0.39, 0.29) is 0 Å². The van der Waals surface area contributed by atoms with Gasteiger partial charge in [0.1, 0.15) is 0 Å². The summed E-state index contributed by atoms with van der Waals surface area (Å²) in [6.45, 7) is 4.65. The Morgan fingerprint density at radius 1 is 1.24 bits per heavy atom. The molecule has 0 N–H and O–H groups in total. The molecule has 1 aromatic carbocycles. The van der Waals surface area contributed by atoms with Crippen LogP contribution in [0.1, 0.15) is 32.3 Å². The minimum atomic E-state index is 0.396. The van der Waals surface area contributed by atoms with Crippen LogP contribution in [0.3, 0.4) is 0 Å². The third-order valence-electron chi connectivity index (χ3n) is 2.92. The number of hydrogen-bond acceptors (Lipinski definition) is 2. The molecule has 0 nitrogen and oxygen atoms in total. The molecule has 2 rings (SSSR count). The van der Waals surface area contributed by atoms with Gasteiger partial charge in [0.2, 0.25) is 0 Å². The van der Waals surface area contributed by atoms with Gasteiger partial charge in [0, 0.05) is 0 Å². The molecule has 0 radical (unpaired) electrons. The maximum Gasteiger partial charge on any atom is 0.0619 e. The van der Waals surface area contributed by atoms with Crippen molar-refractivity contribution in [2.75, 3.05) is 11.5 Å². The van der Waals surface area contributed by atoms with Crippen LogP contribution in [0.15, 0.2) is 35.9 Å². The van der Waals surface area contributed by atoms with E-state index in [1.807, 2.05) is 0 Å². The van der Waals surface area contributed by atoms with E-state index in [1.165, 1.54) is 35.5 Å². The van der Waals surface area contributed by atoms with Crippen molar-refractivity contribution in [3.63, 3.8) is 0 Å². The quantitative estimate of drug-likeness (QED) is 0.748. The van der Waals surface area contributed by atoms with Gasteiger partial charge in [-0.3, -0.25) is 0 Å². The molecule has 0 aliphatic carbocycles. The second-order valence-electron chi connectivity index (χ2n) is 4.76. The highest BCUT2D eigenvalue weighted by molar-refractivity contribution is 8.18. The standard InChI is InChI=1S/C15H20S2/c1-13(11-14-7-4-3-5-8-14)12-15(2)16-9-6-10-17-15/h3-5,7-8,11H,6,9-10,12H2,1-2H3/b13-11+. The van der Waals surface area contributed by atoms with Gasteiger partial charge in [-0.1, -0.05) is 42.0 Å². The number of hydrogen-bond donors (Lipinski definition) is 0. The summed E-state index contributed by atoms with van der Waals surface area (Å²) in [5, 5.41) is 0. The Labute approximate surface area is 113 Å². The molecule has 0 aromatic heterocycles. The summed E-state index contributed by atoms with van der Waals surface area (Å²) in [6, 6.07) is 10.6. The van der Waals surface area contributed by atoms with Gasteiger partial charge in [-0.15, -0.1) is 23.5 Å². The van der Waals surface area contributed by atoms with Crippen LogP contribution in [0.5, 0.6) is 0 Å². The van der Waals surface area contributed by atoms with E-state index in [9.17, 15) is 0 Å². The number of benzene rings is 1. The lowest BCUT2D eigenvalue weighted by Crippen LogP contribution is -2.21. The maximum absolute atomic E-state index is 2.39. The first kappa shape index (κ1) is 13.1. The zero-order valence-corrected chi connectivity index (χ0v) is 12.2. The molecule has 17 heavy (non-hydrogen) atoms. The third kappa shape index (κ3) is 4.11. The van der Waals surface area contributed by atoms with E-state index in [0.717, 1.165) is 0 Å². The minimum absolute atomic E-state index is 0.396. The predicted octanol–water partition coefficient (Wildman–Crippen LogP) is 5.07. The van der Waals surface area contributed by atoms with Crippen molar-refractivity contribution < 1.29 is 0 Å². The minimum Gasteiger partial charge on any atom is -0.144 e. The monoisotopic (exact) mass is 264 g/mol. The molecule has 92 valence electrons. The molecule has 1 aliphatic rings. The lowest BCUT2D eigenvalue weighted by Gasteiger charge is -2.32. The lowest BCUT2D eigenvalue weighted by molar-refractivity contribution is 0.854. The molecule has 1 saturated heterocycles. The molecule has 2 heteroatoms. The van der Waals surface area contributed by atoms with Gasteiger partial charge in [-0.05, 0) is 43.8 Å². The Morgan fingerprint density at radius 2 is 1.88 bits per heavy atom. The molecule has 1 heterocycles. The van der Waals surface area contributed by atoms with Gasteiger partial charge in [0.15, 0.2) is 0 Å². The summed E-state index contributed by atoms with van der Waals surface area (Å²) < 4.78 is 0.396. The zero-order valence-electron chi connectivity index (χ0n) is 10.6. The molecule has 0 spiro atoms.